The lowest BCUT2D eigenvalue weighted by atomic mass is 9.98. The molecule has 10 heteroatoms. The molecule has 3 heterocycles. The van der Waals surface area contributed by atoms with Gasteiger partial charge >= 0.3 is 0 Å². The molecule has 0 spiro atoms. The number of carbonyl (C=O) groups is 1. The first-order valence-corrected chi connectivity index (χ1v) is 13.0. The van der Waals surface area contributed by atoms with Crippen molar-refractivity contribution >= 4 is 27.3 Å². The molecular weight excluding hydrogens is 460 g/mol. The molecule has 8 nitrogen and oxygen atoms in total. The average molecular weight is 487 g/mol. The van der Waals surface area contributed by atoms with Crippen molar-refractivity contribution in [2.75, 3.05) is 19.6 Å². The molecule has 174 valence electrons. The number of aryl methyl sites for hydroxylation is 1. The molecule has 1 aromatic carbocycles. The normalized spacial score (nSPS) is 17.1. The molecular formula is C23H26N4O4S2. The van der Waals surface area contributed by atoms with Gasteiger partial charge in [-0.05, 0) is 43.3 Å². The second-order valence-electron chi connectivity index (χ2n) is 8.01. The monoisotopic (exact) mass is 486 g/mol. The molecule has 1 fully saturated rings. The molecule has 2 aromatic heterocycles. The molecule has 1 atom stereocenters. The van der Waals surface area contributed by atoms with Crippen LogP contribution in [0.15, 0.2) is 63.9 Å². The van der Waals surface area contributed by atoms with E-state index in [1.54, 1.807) is 35.2 Å². The highest BCUT2D eigenvalue weighted by Crippen LogP contribution is 2.26. The van der Waals surface area contributed by atoms with E-state index >= 15 is 0 Å². The first-order valence-electron chi connectivity index (χ1n) is 10.7. The number of benzene rings is 1. The van der Waals surface area contributed by atoms with Crippen LogP contribution in [0.5, 0.6) is 0 Å². The lowest BCUT2D eigenvalue weighted by molar-refractivity contribution is -0.137. The van der Waals surface area contributed by atoms with Gasteiger partial charge in [0.1, 0.15) is 6.54 Å². The molecule has 1 aliphatic rings. The van der Waals surface area contributed by atoms with E-state index in [2.05, 4.69) is 16.7 Å². The Labute approximate surface area is 197 Å². The Bertz CT molecular complexity index is 1200. The highest BCUT2D eigenvalue weighted by Gasteiger charge is 2.35. The van der Waals surface area contributed by atoms with Gasteiger partial charge in [-0.1, -0.05) is 35.0 Å². The standard InChI is InChI=1S/C23H26N4O4S2/c1-3-12-26(16-21-24-22(25-31-21)20-7-5-14-32-20)23(28)18-6-4-13-27(15-18)33(29,30)19-10-8-17(2)9-11-19/h3,5,7-11,14,18H,1,4,6,12-13,15-16H2,2H3. The van der Waals surface area contributed by atoms with Crippen LogP contribution in [0.1, 0.15) is 24.3 Å². The topological polar surface area (TPSA) is 96.6 Å². The van der Waals surface area contributed by atoms with E-state index in [9.17, 15) is 13.2 Å². The van der Waals surface area contributed by atoms with Crippen LogP contribution in [0.4, 0.5) is 0 Å². The molecule has 33 heavy (non-hydrogen) atoms. The second kappa shape index (κ2) is 9.98. The van der Waals surface area contributed by atoms with Gasteiger partial charge in [-0.25, -0.2) is 8.42 Å². The molecule has 4 rings (SSSR count). The zero-order valence-corrected chi connectivity index (χ0v) is 20.0. The van der Waals surface area contributed by atoms with E-state index < -0.39 is 15.9 Å². The Balaban J connectivity index is 1.47. The first kappa shape index (κ1) is 23.3. The van der Waals surface area contributed by atoms with Gasteiger partial charge in [-0.3, -0.25) is 4.79 Å². The number of carbonyl (C=O) groups excluding carboxylic acids is 1. The third kappa shape index (κ3) is 5.23. The van der Waals surface area contributed by atoms with Crippen molar-refractivity contribution in [2.24, 2.45) is 5.92 Å². The van der Waals surface area contributed by atoms with Gasteiger partial charge in [0.05, 0.1) is 15.7 Å². The van der Waals surface area contributed by atoms with Crippen molar-refractivity contribution in [3.05, 3.63) is 65.9 Å². The maximum Gasteiger partial charge on any atom is 0.246 e. The minimum atomic E-state index is -3.66. The second-order valence-corrected chi connectivity index (χ2v) is 10.9. The number of sulfonamides is 1. The fourth-order valence-electron chi connectivity index (χ4n) is 3.86. The van der Waals surface area contributed by atoms with Crippen molar-refractivity contribution in [3.8, 4) is 10.7 Å². The highest BCUT2D eigenvalue weighted by molar-refractivity contribution is 7.89. The molecule has 1 unspecified atom stereocenters. The van der Waals surface area contributed by atoms with Crippen LogP contribution in [0.2, 0.25) is 0 Å². The molecule has 0 radical (unpaired) electrons. The summed E-state index contributed by atoms with van der Waals surface area (Å²) in [5, 5.41) is 5.93. The predicted molar refractivity (Wildman–Crippen MR) is 126 cm³/mol. The van der Waals surface area contributed by atoms with E-state index in [1.165, 1.54) is 15.6 Å². The van der Waals surface area contributed by atoms with E-state index in [-0.39, 0.29) is 23.9 Å². The van der Waals surface area contributed by atoms with Crippen LogP contribution in [-0.2, 0) is 21.4 Å². The zero-order valence-electron chi connectivity index (χ0n) is 18.4. The number of nitrogens with zero attached hydrogens (tertiary/aromatic N) is 4. The van der Waals surface area contributed by atoms with Gasteiger partial charge in [0.2, 0.25) is 27.6 Å². The van der Waals surface area contributed by atoms with Gasteiger partial charge in [0.15, 0.2) is 0 Å². The lowest BCUT2D eigenvalue weighted by Gasteiger charge is -2.33. The van der Waals surface area contributed by atoms with E-state index in [1.807, 2.05) is 24.4 Å². The SMILES string of the molecule is C=CCN(Cc1nc(-c2cccs2)no1)C(=O)C1CCCN(S(=O)(=O)c2ccc(C)cc2)C1. The third-order valence-electron chi connectivity index (χ3n) is 5.59. The Morgan fingerprint density at radius 2 is 2.12 bits per heavy atom. The number of rotatable bonds is 8. The average Bonchev–Trinajstić information content (AvgIpc) is 3.51. The van der Waals surface area contributed by atoms with Crippen LogP contribution in [0, 0.1) is 12.8 Å². The van der Waals surface area contributed by atoms with Crippen LogP contribution in [0.25, 0.3) is 10.7 Å². The summed E-state index contributed by atoms with van der Waals surface area (Å²) in [7, 11) is -3.66. The summed E-state index contributed by atoms with van der Waals surface area (Å²) in [5.41, 5.74) is 0.990. The number of piperidine rings is 1. The van der Waals surface area contributed by atoms with E-state index in [0.717, 1.165) is 10.4 Å². The first-order chi connectivity index (χ1) is 15.9. The molecule has 0 bridgehead atoms. The maximum absolute atomic E-state index is 13.4. The fourth-order valence-corrected chi connectivity index (χ4v) is 6.03. The number of thiophene rings is 1. The maximum atomic E-state index is 13.4. The minimum absolute atomic E-state index is 0.143. The number of aromatic nitrogens is 2. The molecule has 0 N–H and O–H groups in total. The van der Waals surface area contributed by atoms with Gasteiger partial charge in [0.25, 0.3) is 0 Å². The summed E-state index contributed by atoms with van der Waals surface area (Å²) < 4.78 is 33.0. The lowest BCUT2D eigenvalue weighted by Crippen LogP contribution is -2.46. The van der Waals surface area contributed by atoms with Gasteiger partial charge in [0, 0.05) is 19.6 Å². The van der Waals surface area contributed by atoms with Gasteiger partial charge in [-0.2, -0.15) is 9.29 Å². The van der Waals surface area contributed by atoms with E-state index in [0.29, 0.717) is 37.6 Å². The largest absolute Gasteiger partial charge is 0.337 e. The van der Waals surface area contributed by atoms with E-state index in [4.69, 9.17) is 4.52 Å². The summed E-state index contributed by atoms with van der Waals surface area (Å²) in [6.45, 7) is 6.65. The molecule has 1 saturated heterocycles. The third-order valence-corrected chi connectivity index (χ3v) is 8.33. The number of hydrogen-bond donors (Lipinski definition) is 0. The fraction of sp³-hybridized carbons (Fsp3) is 0.348. The molecule has 0 saturated carbocycles. The molecule has 1 aliphatic heterocycles. The summed E-state index contributed by atoms with van der Waals surface area (Å²) in [6.07, 6.45) is 2.88. The summed E-state index contributed by atoms with van der Waals surface area (Å²) in [4.78, 5) is 20.5. The minimum Gasteiger partial charge on any atom is -0.337 e. The summed E-state index contributed by atoms with van der Waals surface area (Å²) >= 11 is 1.50. The molecule has 0 aliphatic carbocycles. The van der Waals surface area contributed by atoms with Crippen LogP contribution < -0.4 is 0 Å². The van der Waals surface area contributed by atoms with Crippen LogP contribution in [-0.4, -0.2) is 53.3 Å². The number of hydrogen-bond acceptors (Lipinski definition) is 7. The number of amides is 1. The van der Waals surface area contributed by atoms with Crippen LogP contribution in [0.3, 0.4) is 0 Å². The Kier molecular flexibility index (Phi) is 7.06. The zero-order chi connectivity index (χ0) is 23.4. The highest BCUT2D eigenvalue weighted by atomic mass is 32.2. The molecule has 3 aromatic rings. The smallest absolute Gasteiger partial charge is 0.246 e. The quantitative estimate of drug-likeness (QED) is 0.450. The summed E-state index contributed by atoms with van der Waals surface area (Å²) in [5.74, 6) is 0.223. The van der Waals surface area contributed by atoms with Crippen molar-refractivity contribution in [2.45, 2.75) is 31.2 Å². The van der Waals surface area contributed by atoms with Crippen molar-refractivity contribution in [1.82, 2.24) is 19.3 Å². The van der Waals surface area contributed by atoms with Crippen molar-refractivity contribution in [1.29, 1.82) is 0 Å². The Hall–Kier alpha value is -2.82. The van der Waals surface area contributed by atoms with Crippen molar-refractivity contribution < 1.29 is 17.7 Å². The van der Waals surface area contributed by atoms with Gasteiger partial charge in [-0.15, -0.1) is 17.9 Å². The van der Waals surface area contributed by atoms with Crippen molar-refractivity contribution in [3.63, 3.8) is 0 Å². The summed E-state index contributed by atoms with van der Waals surface area (Å²) in [6, 6.07) is 10.6. The molecule has 1 amide bonds. The predicted octanol–water partition coefficient (Wildman–Crippen LogP) is 3.72. The Morgan fingerprint density at radius 1 is 1.33 bits per heavy atom. The van der Waals surface area contributed by atoms with Gasteiger partial charge < -0.3 is 9.42 Å². The van der Waals surface area contributed by atoms with Crippen LogP contribution >= 0.6 is 11.3 Å². The Morgan fingerprint density at radius 3 is 2.82 bits per heavy atom.